The Morgan fingerprint density at radius 2 is 2.29 bits per heavy atom. The summed E-state index contributed by atoms with van der Waals surface area (Å²) in [7, 11) is 1.57. The summed E-state index contributed by atoms with van der Waals surface area (Å²) in [6, 6.07) is 2.67. The van der Waals surface area contributed by atoms with E-state index in [1.807, 2.05) is 0 Å². The molecule has 0 saturated carbocycles. The molecule has 0 unspecified atom stereocenters. The molecule has 6 nitrogen and oxygen atoms in total. The Morgan fingerprint density at radius 3 is 2.76 bits per heavy atom. The van der Waals surface area contributed by atoms with Gasteiger partial charge in [-0.05, 0) is 6.07 Å². The van der Waals surface area contributed by atoms with Gasteiger partial charge in [0.2, 0.25) is 0 Å². The number of nitro groups is 1. The lowest BCUT2D eigenvalue weighted by atomic mass is 10.4. The monoisotopic (exact) mass is 270 g/mol. The van der Waals surface area contributed by atoms with Crippen molar-refractivity contribution >= 4 is 46.2 Å². The summed E-state index contributed by atoms with van der Waals surface area (Å²) in [6.07, 6.45) is 1.44. The van der Waals surface area contributed by atoms with Gasteiger partial charge < -0.3 is 4.42 Å². The highest BCUT2D eigenvalue weighted by molar-refractivity contribution is 8.26. The van der Waals surface area contributed by atoms with Gasteiger partial charge in [0.25, 0.3) is 5.91 Å². The van der Waals surface area contributed by atoms with Crippen molar-refractivity contribution in [3.63, 3.8) is 0 Å². The number of likely N-dealkylation sites (N-methyl/N-ethyl adjacent to an activating group) is 1. The fourth-order valence-corrected chi connectivity index (χ4v) is 2.35. The van der Waals surface area contributed by atoms with Crippen LogP contribution in [0.25, 0.3) is 6.08 Å². The fraction of sp³-hybridized carbons (Fsp3) is 0.111. The van der Waals surface area contributed by atoms with Gasteiger partial charge in [-0.1, -0.05) is 24.0 Å². The molecule has 88 valence electrons. The lowest BCUT2D eigenvalue weighted by Gasteiger charge is -2.03. The van der Waals surface area contributed by atoms with Crippen LogP contribution in [0.4, 0.5) is 5.88 Å². The maximum Gasteiger partial charge on any atom is 0.433 e. The maximum atomic E-state index is 11.6. The van der Waals surface area contributed by atoms with Crippen LogP contribution in [-0.4, -0.2) is 27.1 Å². The fourth-order valence-electron chi connectivity index (χ4n) is 1.19. The van der Waals surface area contributed by atoms with Crippen molar-refractivity contribution in [2.75, 3.05) is 7.05 Å². The van der Waals surface area contributed by atoms with Gasteiger partial charge in [0.05, 0.1) is 11.0 Å². The summed E-state index contributed by atoms with van der Waals surface area (Å²) in [6.45, 7) is 0. The Kier molecular flexibility index (Phi) is 2.99. The molecule has 1 aliphatic heterocycles. The van der Waals surface area contributed by atoms with Crippen LogP contribution in [-0.2, 0) is 4.79 Å². The van der Waals surface area contributed by atoms with Crippen LogP contribution in [0.15, 0.2) is 21.5 Å². The molecule has 2 rings (SSSR count). The highest BCUT2D eigenvalue weighted by Gasteiger charge is 2.29. The zero-order chi connectivity index (χ0) is 12.6. The van der Waals surface area contributed by atoms with E-state index in [9.17, 15) is 14.9 Å². The lowest BCUT2D eigenvalue weighted by Crippen LogP contribution is -2.22. The van der Waals surface area contributed by atoms with E-state index in [0.29, 0.717) is 9.23 Å². The van der Waals surface area contributed by atoms with Gasteiger partial charge in [0.1, 0.15) is 15.0 Å². The van der Waals surface area contributed by atoms with E-state index < -0.39 is 4.92 Å². The molecule has 0 aliphatic carbocycles. The second-order valence-corrected chi connectivity index (χ2v) is 4.85. The molecular weight excluding hydrogens is 264 g/mol. The molecular formula is C9H6N2O4S2. The van der Waals surface area contributed by atoms with Crippen LogP contribution < -0.4 is 0 Å². The first-order valence-corrected chi connectivity index (χ1v) is 5.67. The predicted molar refractivity (Wildman–Crippen MR) is 66.3 cm³/mol. The van der Waals surface area contributed by atoms with E-state index in [1.165, 1.54) is 23.1 Å². The topological polar surface area (TPSA) is 76.6 Å². The smallest absolute Gasteiger partial charge is 0.401 e. The van der Waals surface area contributed by atoms with Crippen molar-refractivity contribution in [1.82, 2.24) is 4.90 Å². The Morgan fingerprint density at radius 1 is 1.59 bits per heavy atom. The van der Waals surface area contributed by atoms with E-state index >= 15 is 0 Å². The third-order valence-corrected chi connectivity index (χ3v) is 3.54. The number of nitrogens with zero attached hydrogens (tertiary/aromatic N) is 2. The average Bonchev–Trinajstić information content (AvgIpc) is 2.82. The van der Waals surface area contributed by atoms with Crippen LogP contribution >= 0.6 is 24.0 Å². The highest BCUT2D eigenvalue weighted by atomic mass is 32.2. The van der Waals surface area contributed by atoms with Gasteiger partial charge in [-0.2, -0.15) is 0 Å². The average molecular weight is 270 g/mol. The van der Waals surface area contributed by atoms with Crippen molar-refractivity contribution in [2.45, 2.75) is 0 Å². The Hall–Kier alpha value is -1.67. The summed E-state index contributed by atoms with van der Waals surface area (Å²) >= 11 is 6.08. The molecule has 1 aromatic heterocycles. The predicted octanol–water partition coefficient (Wildman–Crippen LogP) is 2.02. The molecule has 0 atom stereocenters. The first kappa shape index (κ1) is 11.8. The molecule has 0 bridgehead atoms. The zero-order valence-electron chi connectivity index (χ0n) is 8.58. The molecule has 8 heteroatoms. The maximum absolute atomic E-state index is 11.6. The molecule has 0 radical (unpaired) electrons. The minimum absolute atomic E-state index is 0.237. The van der Waals surface area contributed by atoms with Crippen molar-refractivity contribution in [1.29, 1.82) is 0 Å². The van der Waals surface area contributed by atoms with Gasteiger partial charge in [-0.3, -0.25) is 19.8 Å². The second kappa shape index (κ2) is 4.30. The van der Waals surface area contributed by atoms with E-state index in [2.05, 4.69) is 0 Å². The SMILES string of the molecule is CN1C(=O)C(=Cc2ccc([N+](=O)[O-])o2)SC1=S. The van der Waals surface area contributed by atoms with E-state index in [-0.39, 0.29) is 17.6 Å². The summed E-state index contributed by atoms with van der Waals surface area (Å²) < 4.78 is 5.37. The quantitative estimate of drug-likeness (QED) is 0.354. The standard InChI is InChI=1S/C9H6N2O4S2/c1-10-8(12)6(17-9(10)16)4-5-2-3-7(15-5)11(13)14/h2-4H,1H3. The third kappa shape index (κ3) is 2.22. The van der Waals surface area contributed by atoms with Crippen molar-refractivity contribution < 1.29 is 14.1 Å². The van der Waals surface area contributed by atoms with E-state index in [1.54, 1.807) is 7.05 Å². The van der Waals surface area contributed by atoms with Gasteiger partial charge >= 0.3 is 5.88 Å². The highest BCUT2D eigenvalue weighted by Crippen LogP contribution is 2.32. The summed E-state index contributed by atoms with van der Waals surface area (Å²) in [4.78, 5) is 23.1. The van der Waals surface area contributed by atoms with E-state index in [4.69, 9.17) is 16.6 Å². The number of hydrogen-bond donors (Lipinski definition) is 0. The number of amides is 1. The minimum Gasteiger partial charge on any atom is -0.401 e. The molecule has 0 aromatic carbocycles. The number of carbonyl (C=O) groups excluding carboxylic acids is 1. The van der Waals surface area contributed by atoms with Crippen molar-refractivity contribution in [3.05, 3.63) is 32.9 Å². The number of rotatable bonds is 2. The van der Waals surface area contributed by atoms with Crippen LogP contribution in [0, 0.1) is 10.1 Å². The van der Waals surface area contributed by atoms with Crippen LogP contribution in [0.3, 0.4) is 0 Å². The summed E-state index contributed by atoms with van der Waals surface area (Å²) in [5.74, 6) is -0.340. The Bertz CT molecular complexity index is 549. The second-order valence-electron chi connectivity index (χ2n) is 3.17. The zero-order valence-corrected chi connectivity index (χ0v) is 10.2. The summed E-state index contributed by atoms with van der Waals surface area (Å²) in [5.41, 5.74) is 0. The van der Waals surface area contributed by atoms with Crippen LogP contribution in [0.1, 0.15) is 5.76 Å². The third-order valence-electron chi connectivity index (χ3n) is 2.05. The molecule has 2 heterocycles. The number of thioether (sulfide) groups is 1. The molecule has 1 aromatic rings. The molecule has 1 saturated heterocycles. The number of carbonyl (C=O) groups is 1. The summed E-state index contributed by atoms with van der Waals surface area (Å²) in [5, 5.41) is 10.4. The van der Waals surface area contributed by atoms with Gasteiger partial charge in [-0.15, -0.1) is 0 Å². The first-order valence-electron chi connectivity index (χ1n) is 4.45. The number of furan rings is 1. The molecule has 1 aliphatic rings. The molecule has 1 amide bonds. The molecule has 17 heavy (non-hydrogen) atoms. The molecule has 1 fully saturated rings. The van der Waals surface area contributed by atoms with Crippen molar-refractivity contribution in [3.8, 4) is 0 Å². The normalized spacial score (nSPS) is 18.2. The number of thiocarbonyl (C=S) groups is 1. The van der Waals surface area contributed by atoms with Gasteiger partial charge in [-0.25, -0.2) is 0 Å². The van der Waals surface area contributed by atoms with Gasteiger partial charge in [0, 0.05) is 13.1 Å². The number of hydrogen-bond acceptors (Lipinski definition) is 6. The molecule has 0 spiro atoms. The lowest BCUT2D eigenvalue weighted by molar-refractivity contribution is -0.402. The first-order chi connectivity index (χ1) is 7.99. The van der Waals surface area contributed by atoms with E-state index in [0.717, 1.165) is 11.8 Å². The van der Waals surface area contributed by atoms with Crippen molar-refractivity contribution in [2.24, 2.45) is 0 Å². The Balaban J connectivity index is 2.28. The minimum atomic E-state index is -0.637. The van der Waals surface area contributed by atoms with Gasteiger partial charge in [0.15, 0.2) is 0 Å². The van der Waals surface area contributed by atoms with Crippen LogP contribution in [0.2, 0.25) is 0 Å². The largest absolute Gasteiger partial charge is 0.433 e. The molecule has 0 N–H and O–H groups in total. The Labute approximate surface area is 105 Å². The van der Waals surface area contributed by atoms with Crippen LogP contribution in [0.5, 0.6) is 0 Å².